The zero-order valence-corrected chi connectivity index (χ0v) is 14.9. The highest BCUT2D eigenvalue weighted by atomic mass is 32.1. The molecule has 6 heteroatoms. The van der Waals surface area contributed by atoms with E-state index < -0.39 is 11.9 Å². The van der Waals surface area contributed by atoms with E-state index in [1.807, 2.05) is 30.5 Å². The Morgan fingerprint density at radius 3 is 2.88 bits per heavy atom. The van der Waals surface area contributed by atoms with Gasteiger partial charge in [0.05, 0.1) is 5.92 Å². The highest BCUT2D eigenvalue weighted by Crippen LogP contribution is 2.26. The third kappa shape index (κ3) is 4.02. The Balaban J connectivity index is 1.71. The molecule has 1 fully saturated rings. The first-order valence-corrected chi connectivity index (χ1v) is 9.23. The van der Waals surface area contributed by atoms with Crippen molar-refractivity contribution in [3.63, 3.8) is 0 Å². The smallest absolute Gasteiger partial charge is 0.308 e. The monoisotopic (exact) mass is 359 g/mol. The number of hydrogen-bond donors (Lipinski definition) is 1. The number of amides is 1. The number of carbonyl (C=O) groups excluding carboxylic acids is 1. The van der Waals surface area contributed by atoms with Gasteiger partial charge in [-0.15, -0.1) is 11.3 Å². The van der Waals surface area contributed by atoms with Crippen LogP contribution in [0.1, 0.15) is 35.0 Å². The molecule has 0 radical (unpaired) electrons. The predicted octanol–water partition coefficient (Wildman–Crippen LogP) is 3.65. The quantitative estimate of drug-likeness (QED) is 0.885. The summed E-state index contributed by atoms with van der Waals surface area (Å²) in [5.41, 5.74) is 0.529. The first-order valence-electron chi connectivity index (χ1n) is 8.35. The minimum Gasteiger partial charge on any atom is -0.488 e. The van der Waals surface area contributed by atoms with Gasteiger partial charge in [-0.05, 0) is 49.4 Å². The maximum absolute atomic E-state index is 12.8. The van der Waals surface area contributed by atoms with Crippen LogP contribution in [0, 0.1) is 5.92 Å². The summed E-state index contributed by atoms with van der Waals surface area (Å²) in [7, 11) is 0. The molecule has 25 heavy (non-hydrogen) atoms. The third-order valence-electron chi connectivity index (χ3n) is 4.61. The van der Waals surface area contributed by atoms with E-state index in [-0.39, 0.29) is 11.9 Å². The fourth-order valence-corrected chi connectivity index (χ4v) is 3.81. The molecule has 0 aliphatic carbocycles. The Hall–Kier alpha value is -2.34. The number of carbonyl (C=O) groups is 2. The lowest BCUT2D eigenvalue weighted by Gasteiger charge is -2.37. The van der Waals surface area contributed by atoms with Gasteiger partial charge >= 0.3 is 5.97 Å². The number of benzene rings is 1. The van der Waals surface area contributed by atoms with Crippen LogP contribution in [-0.4, -0.2) is 34.5 Å². The van der Waals surface area contributed by atoms with Gasteiger partial charge in [0.15, 0.2) is 0 Å². The first-order chi connectivity index (χ1) is 12.1. The third-order valence-corrected chi connectivity index (χ3v) is 5.46. The number of hydrogen-bond acceptors (Lipinski definition) is 4. The molecule has 0 bridgehead atoms. The van der Waals surface area contributed by atoms with Crippen LogP contribution in [0.2, 0.25) is 0 Å². The lowest BCUT2D eigenvalue weighted by Crippen LogP contribution is -2.49. The van der Waals surface area contributed by atoms with Crippen molar-refractivity contribution >= 4 is 23.2 Å². The average molecular weight is 359 g/mol. The van der Waals surface area contributed by atoms with E-state index in [0.717, 1.165) is 4.88 Å². The predicted molar refractivity (Wildman–Crippen MR) is 96.0 cm³/mol. The molecule has 5 nitrogen and oxygen atoms in total. The molecule has 1 aliphatic heterocycles. The van der Waals surface area contributed by atoms with Crippen LogP contribution in [0.3, 0.4) is 0 Å². The van der Waals surface area contributed by atoms with Gasteiger partial charge < -0.3 is 14.7 Å². The van der Waals surface area contributed by atoms with Gasteiger partial charge in [-0.25, -0.2) is 0 Å². The van der Waals surface area contributed by atoms with Crippen molar-refractivity contribution < 1.29 is 19.4 Å². The Morgan fingerprint density at radius 2 is 2.16 bits per heavy atom. The summed E-state index contributed by atoms with van der Waals surface area (Å²) in [6.45, 7) is 2.87. The maximum Gasteiger partial charge on any atom is 0.308 e. The number of nitrogens with zero attached hydrogens (tertiary/aromatic N) is 1. The van der Waals surface area contributed by atoms with Crippen molar-refractivity contribution in [2.24, 2.45) is 5.92 Å². The molecule has 1 N–H and O–H groups in total. The van der Waals surface area contributed by atoms with Crippen molar-refractivity contribution in [1.82, 2.24) is 4.90 Å². The Labute approximate surface area is 150 Å². The standard InChI is InChI=1S/C19H21NO4S/c1-13-17(19(22)23)8-3-9-20(13)18(21)14-5-2-6-15(11-14)24-12-16-7-4-10-25-16/h2,4-7,10-11,13,17H,3,8-9,12H2,1H3,(H,22,23)/t13-,17-/m1/s1. The van der Waals surface area contributed by atoms with E-state index in [9.17, 15) is 14.7 Å². The SMILES string of the molecule is C[C@@H]1[C@H](C(=O)O)CCCN1C(=O)c1cccc(OCc2cccs2)c1. The second kappa shape index (κ2) is 7.70. The Bertz CT molecular complexity index is 744. The van der Waals surface area contributed by atoms with Gasteiger partial charge in [0, 0.05) is 23.0 Å². The molecule has 1 amide bonds. The summed E-state index contributed by atoms with van der Waals surface area (Å²) in [6.07, 6.45) is 1.33. The molecule has 3 rings (SSSR count). The number of likely N-dealkylation sites (tertiary alicyclic amines) is 1. The topological polar surface area (TPSA) is 66.8 Å². The molecule has 1 aromatic carbocycles. The van der Waals surface area contributed by atoms with Crippen LogP contribution in [0.5, 0.6) is 5.75 Å². The summed E-state index contributed by atoms with van der Waals surface area (Å²) in [5.74, 6) is -0.840. The summed E-state index contributed by atoms with van der Waals surface area (Å²) >= 11 is 1.62. The van der Waals surface area contributed by atoms with Gasteiger partial charge in [-0.1, -0.05) is 12.1 Å². The zero-order valence-electron chi connectivity index (χ0n) is 14.1. The second-order valence-electron chi connectivity index (χ2n) is 6.22. The summed E-state index contributed by atoms with van der Waals surface area (Å²) in [6, 6.07) is 10.8. The van der Waals surface area contributed by atoms with Crippen molar-refractivity contribution in [2.75, 3.05) is 6.54 Å². The van der Waals surface area contributed by atoms with Gasteiger partial charge in [0.1, 0.15) is 12.4 Å². The highest BCUT2D eigenvalue weighted by Gasteiger charge is 2.35. The fourth-order valence-electron chi connectivity index (χ4n) is 3.19. The van der Waals surface area contributed by atoms with Crippen molar-refractivity contribution in [2.45, 2.75) is 32.4 Å². The molecular formula is C19H21NO4S. The molecule has 1 saturated heterocycles. The minimum atomic E-state index is -0.835. The van der Waals surface area contributed by atoms with Crippen LogP contribution in [-0.2, 0) is 11.4 Å². The van der Waals surface area contributed by atoms with Crippen LogP contribution < -0.4 is 4.74 Å². The molecule has 2 atom stereocenters. The minimum absolute atomic E-state index is 0.139. The normalized spacial score (nSPS) is 20.3. The summed E-state index contributed by atoms with van der Waals surface area (Å²) in [5, 5.41) is 11.3. The molecule has 2 aromatic rings. The van der Waals surface area contributed by atoms with Crippen LogP contribution in [0.25, 0.3) is 0 Å². The highest BCUT2D eigenvalue weighted by molar-refractivity contribution is 7.09. The molecular weight excluding hydrogens is 338 g/mol. The molecule has 2 heterocycles. The number of carboxylic acids is 1. The van der Waals surface area contributed by atoms with Crippen molar-refractivity contribution in [3.05, 3.63) is 52.2 Å². The summed E-state index contributed by atoms with van der Waals surface area (Å²) < 4.78 is 5.76. The Morgan fingerprint density at radius 1 is 1.32 bits per heavy atom. The van der Waals surface area contributed by atoms with Gasteiger partial charge in [-0.2, -0.15) is 0 Å². The molecule has 0 saturated carbocycles. The van der Waals surface area contributed by atoms with E-state index in [0.29, 0.717) is 37.3 Å². The van der Waals surface area contributed by atoms with E-state index in [1.165, 1.54) is 0 Å². The fraction of sp³-hybridized carbons (Fsp3) is 0.368. The summed E-state index contributed by atoms with van der Waals surface area (Å²) in [4.78, 5) is 27.0. The Kier molecular flexibility index (Phi) is 5.38. The number of piperidine rings is 1. The molecule has 1 aliphatic rings. The number of rotatable bonds is 5. The number of aliphatic carboxylic acids is 1. The number of thiophene rings is 1. The van der Waals surface area contributed by atoms with E-state index in [2.05, 4.69) is 0 Å². The van der Waals surface area contributed by atoms with E-state index in [1.54, 1.807) is 34.4 Å². The van der Waals surface area contributed by atoms with Crippen LogP contribution in [0.15, 0.2) is 41.8 Å². The van der Waals surface area contributed by atoms with Crippen molar-refractivity contribution in [3.8, 4) is 5.75 Å². The number of ether oxygens (including phenoxy) is 1. The van der Waals surface area contributed by atoms with E-state index >= 15 is 0 Å². The van der Waals surface area contributed by atoms with Crippen LogP contribution in [0.4, 0.5) is 0 Å². The lowest BCUT2D eigenvalue weighted by atomic mass is 9.90. The van der Waals surface area contributed by atoms with E-state index in [4.69, 9.17) is 4.74 Å². The van der Waals surface area contributed by atoms with Crippen LogP contribution >= 0.6 is 11.3 Å². The maximum atomic E-state index is 12.8. The molecule has 1 aromatic heterocycles. The molecule has 0 spiro atoms. The molecule has 0 unspecified atom stereocenters. The average Bonchev–Trinajstić information content (AvgIpc) is 3.13. The first kappa shape index (κ1) is 17.5. The van der Waals surface area contributed by atoms with Gasteiger partial charge in [0.25, 0.3) is 5.91 Å². The van der Waals surface area contributed by atoms with Gasteiger partial charge in [-0.3, -0.25) is 9.59 Å². The molecule has 132 valence electrons. The zero-order chi connectivity index (χ0) is 17.8. The number of carboxylic acid groups (broad SMARTS) is 1. The van der Waals surface area contributed by atoms with Crippen molar-refractivity contribution in [1.29, 1.82) is 0 Å². The largest absolute Gasteiger partial charge is 0.488 e. The lowest BCUT2D eigenvalue weighted by molar-refractivity contribution is -0.144. The second-order valence-corrected chi connectivity index (χ2v) is 7.25. The van der Waals surface area contributed by atoms with Gasteiger partial charge in [0.2, 0.25) is 0 Å².